The number of anilines is 2. The van der Waals surface area contributed by atoms with Gasteiger partial charge in [0, 0.05) is 38.8 Å². The van der Waals surface area contributed by atoms with Crippen molar-refractivity contribution in [2.75, 3.05) is 29.5 Å². The average molecular weight is 447 g/mol. The van der Waals surface area contributed by atoms with Crippen LogP contribution in [0, 0.1) is 0 Å². The fourth-order valence-corrected chi connectivity index (χ4v) is 3.87. The molecule has 0 bridgehead atoms. The van der Waals surface area contributed by atoms with Crippen LogP contribution in [0.15, 0.2) is 48.5 Å². The summed E-state index contributed by atoms with van der Waals surface area (Å²) < 4.78 is 24.6. The summed E-state index contributed by atoms with van der Waals surface area (Å²) in [6.07, 6.45) is 2.76. The molecule has 1 fully saturated rings. The van der Waals surface area contributed by atoms with Crippen LogP contribution in [0.3, 0.4) is 0 Å². The number of hydrogen-bond donors (Lipinski definition) is 2. The number of rotatable bonds is 7. The minimum absolute atomic E-state index is 0.226. The van der Waals surface area contributed by atoms with Gasteiger partial charge in [0.25, 0.3) is 0 Å². The fourth-order valence-electron chi connectivity index (χ4n) is 3.18. The zero-order valence-corrected chi connectivity index (χ0v) is 18.7. The highest BCUT2D eigenvalue weighted by Crippen LogP contribution is 2.20. The molecule has 160 valence electrons. The molecule has 30 heavy (non-hydrogen) atoms. The van der Waals surface area contributed by atoms with Gasteiger partial charge in [-0.15, -0.1) is 0 Å². The van der Waals surface area contributed by atoms with Gasteiger partial charge in [0.05, 0.1) is 11.9 Å². The molecule has 1 amide bonds. The summed E-state index contributed by atoms with van der Waals surface area (Å²) in [4.78, 5) is 13.6. The molecular weight excluding hydrogens is 420 g/mol. The summed E-state index contributed by atoms with van der Waals surface area (Å²) in [7, 11) is -1.82. The van der Waals surface area contributed by atoms with Gasteiger partial charge in [0.1, 0.15) is 0 Å². The lowest BCUT2D eigenvalue weighted by molar-refractivity contribution is -0.128. The van der Waals surface area contributed by atoms with E-state index in [1.165, 1.54) is 11.4 Å². The summed E-state index contributed by atoms with van der Waals surface area (Å²) in [5.41, 5.74) is 3.44. The highest BCUT2D eigenvalue weighted by molar-refractivity contribution is 7.92. The lowest BCUT2D eigenvalue weighted by Crippen LogP contribution is -2.28. The van der Waals surface area contributed by atoms with E-state index in [-0.39, 0.29) is 5.91 Å². The van der Waals surface area contributed by atoms with Crippen molar-refractivity contribution in [3.8, 4) is 0 Å². The van der Waals surface area contributed by atoms with E-state index in [4.69, 9.17) is 12.2 Å². The highest BCUT2D eigenvalue weighted by atomic mass is 32.2. The minimum atomic E-state index is -3.33. The minimum Gasteiger partial charge on any atom is -0.358 e. The first-order chi connectivity index (χ1) is 14.2. The topological polar surface area (TPSA) is 81.8 Å². The predicted molar refractivity (Wildman–Crippen MR) is 124 cm³/mol. The molecule has 0 atom stereocenters. The summed E-state index contributed by atoms with van der Waals surface area (Å²) in [5, 5.41) is 6.67. The summed E-state index contributed by atoms with van der Waals surface area (Å²) in [6.45, 7) is 2.05. The Bertz CT molecular complexity index is 1020. The first-order valence-corrected chi connectivity index (χ1v) is 11.9. The van der Waals surface area contributed by atoms with E-state index in [2.05, 4.69) is 10.6 Å². The number of nitrogens with zero attached hydrogens (tertiary/aromatic N) is 2. The number of nitrogens with one attached hydrogen (secondary N) is 2. The molecule has 2 aromatic carbocycles. The van der Waals surface area contributed by atoms with Gasteiger partial charge >= 0.3 is 0 Å². The zero-order chi connectivity index (χ0) is 21.7. The first-order valence-electron chi connectivity index (χ1n) is 9.67. The maximum absolute atomic E-state index is 11.7. The largest absolute Gasteiger partial charge is 0.358 e. The van der Waals surface area contributed by atoms with Gasteiger partial charge in [-0.3, -0.25) is 9.10 Å². The van der Waals surface area contributed by atoms with Crippen molar-refractivity contribution < 1.29 is 13.2 Å². The normalized spacial score (nSPS) is 13.9. The summed E-state index contributed by atoms with van der Waals surface area (Å²) >= 11 is 5.35. The third-order valence-electron chi connectivity index (χ3n) is 4.99. The Morgan fingerprint density at radius 1 is 1.17 bits per heavy atom. The average Bonchev–Trinajstić information content (AvgIpc) is 3.11. The molecule has 2 aromatic rings. The van der Waals surface area contributed by atoms with E-state index in [1.807, 2.05) is 35.2 Å². The van der Waals surface area contributed by atoms with Gasteiger partial charge in [0.15, 0.2) is 5.11 Å². The van der Waals surface area contributed by atoms with Crippen LogP contribution >= 0.6 is 12.2 Å². The van der Waals surface area contributed by atoms with Gasteiger partial charge < -0.3 is 15.5 Å². The van der Waals surface area contributed by atoms with E-state index in [0.717, 1.165) is 30.3 Å². The van der Waals surface area contributed by atoms with Crippen LogP contribution in [0.25, 0.3) is 0 Å². The van der Waals surface area contributed by atoms with Crippen LogP contribution in [0.4, 0.5) is 11.4 Å². The van der Waals surface area contributed by atoms with Crippen LogP contribution in [-0.2, 0) is 27.9 Å². The third kappa shape index (κ3) is 5.93. The van der Waals surface area contributed by atoms with E-state index in [9.17, 15) is 13.2 Å². The molecule has 0 saturated carbocycles. The molecule has 1 heterocycles. The monoisotopic (exact) mass is 446 g/mol. The van der Waals surface area contributed by atoms with E-state index >= 15 is 0 Å². The molecule has 1 aliphatic heterocycles. The lowest BCUT2D eigenvalue weighted by atomic mass is 10.1. The maximum atomic E-state index is 11.7. The Balaban J connectivity index is 1.52. The van der Waals surface area contributed by atoms with Gasteiger partial charge in [-0.05, 0) is 48.0 Å². The molecular formula is C21H26N4O3S2. The van der Waals surface area contributed by atoms with Gasteiger partial charge in [-0.2, -0.15) is 0 Å². The Morgan fingerprint density at radius 2 is 1.87 bits per heavy atom. The molecule has 0 spiro atoms. The third-order valence-corrected chi connectivity index (χ3v) is 6.44. The van der Waals surface area contributed by atoms with Crippen molar-refractivity contribution in [2.24, 2.45) is 0 Å². The summed E-state index contributed by atoms with van der Waals surface area (Å²) in [6, 6.07) is 15.1. The molecule has 2 N–H and O–H groups in total. The number of benzene rings is 2. The van der Waals surface area contributed by atoms with Crippen LogP contribution in [0.5, 0.6) is 0 Å². The zero-order valence-electron chi connectivity index (χ0n) is 17.1. The van der Waals surface area contributed by atoms with Crippen molar-refractivity contribution in [3.63, 3.8) is 0 Å². The standard InChI is InChI=1S/C21H26N4O3S2/c1-24(30(2,27)28)19-6-3-5-18(13-19)23-21(29)22-14-16-8-10-17(11-9-16)15-25-12-4-7-20(25)26/h3,5-6,8-11,13H,4,7,12,14-15H2,1-2H3,(H2,22,23,29). The second kappa shape index (κ2) is 9.44. The van der Waals surface area contributed by atoms with Gasteiger partial charge in [-0.1, -0.05) is 30.3 Å². The molecule has 1 aliphatic rings. The van der Waals surface area contributed by atoms with Crippen LogP contribution in [-0.4, -0.2) is 44.2 Å². The summed E-state index contributed by atoms with van der Waals surface area (Å²) in [5.74, 6) is 0.226. The van der Waals surface area contributed by atoms with Crippen molar-refractivity contribution >= 4 is 44.6 Å². The van der Waals surface area contributed by atoms with Crippen LogP contribution in [0.2, 0.25) is 0 Å². The van der Waals surface area contributed by atoms with Gasteiger partial charge in [0.2, 0.25) is 15.9 Å². The van der Waals surface area contributed by atoms with Crippen molar-refractivity contribution in [3.05, 3.63) is 59.7 Å². The SMILES string of the molecule is CN(c1cccc(NC(=S)NCc2ccc(CN3CCCC3=O)cc2)c1)S(C)(=O)=O. The molecule has 7 nitrogen and oxygen atoms in total. The van der Waals surface area contributed by atoms with E-state index in [0.29, 0.717) is 36.0 Å². The maximum Gasteiger partial charge on any atom is 0.231 e. The van der Waals surface area contributed by atoms with Gasteiger partial charge in [-0.25, -0.2) is 8.42 Å². The number of thiocarbonyl (C=S) groups is 1. The first kappa shape index (κ1) is 22.0. The molecule has 1 saturated heterocycles. The number of likely N-dealkylation sites (tertiary alicyclic amines) is 1. The second-order valence-electron chi connectivity index (χ2n) is 7.32. The smallest absolute Gasteiger partial charge is 0.231 e. The predicted octanol–water partition coefficient (Wildman–Crippen LogP) is 2.69. The molecule has 0 aromatic heterocycles. The van der Waals surface area contributed by atoms with Crippen molar-refractivity contribution in [2.45, 2.75) is 25.9 Å². The van der Waals surface area contributed by atoms with Crippen molar-refractivity contribution in [1.82, 2.24) is 10.2 Å². The Morgan fingerprint density at radius 3 is 2.50 bits per heavy atom. The number of hydrogen-bond acceptors (Lipinski definition) is 4. The van der Waals surface area contributed by atoms with Crippen LogP contribution in [0.1, 0.15) is 24.0 Å². The van der Waals surface area contributed by atoms with E-state index < -0.39 is 10.0 Å². The van der Waals surface area contributed by atoms with Crippen LogP contribution < -0.4 is 14.9 Å². The molecule has 0 unspecified atom stereocenters. The number of carbonyl (C=O) groups is 1. The number of amides is 1. The fraction of sp³-hybridized carbons (Fsp3) is 0.333. The number of sulfonamides is 1. The Labute approximate surface area is 183 Å². The highest BCUT2D eigenvalue weighted by Gasteiger charge is 2.19. The number of carbonyl (C=O) groups excluding carboxylic acids is 1. The molecule has 0 radical (unpaired) electrons. The second-order valence-corrected chi connectivity index (χ2v) is 9.75. The molecule has 0 aliphatic carbocycles. The lowest BCUT2D eigenvalue weighted by Gasteiger charge is -2.18. The molecule has 3 rings (SSSR count). The van der Waals surface area contributed by atoms with E-state index in [1.54, 1.807) is 18.2 Å². The quantitative estimate of drug-likeness (QED) is 0.637. The Hall–Kier alpha value is -2.65. The van der Waals surface area contributed by atoms with Crippen molar-refractivity contribution in [1.29, 1.82) is 0 Å². The Kier molecular flexibility index (Phi) is 6.94. The molecule has 9 heteroatoms.